The highest BCUT2D eigenvalue weighted by Crippen LogP contribution is 2.48. The van der Waals surface area contributed by atoms with E-state index in [1.165, 1.54) is 7.11 Å². The van der Waals surface area contributed by atoms with Crippen LogP contribution in [0.15, 0.2) is 117 Å². The van der Waals surface area contributed by atoms with Gasteiger partial charge in [-0.1, -0.05) is 79.3 Å². The summed E-state index contributed by atoms with van der Waals surface area (Å²) in [4.78, 5) is 15.9. The number of nitrogens with one attached hydrogen (secondary N) is 1. The molecule has 4 aromatic rings. The SMILES string of the molecule is COC(=O)C1=C(Nc2ccc(Cl)cc2)C[C@@H](c2ccc(Br)cc2)N(c2ccc(Cl)cc2)[C@@H]1c1ccc(Br)cc1. The fraction of sp³-hybridized carbons (Fsp3) is 0.129. The predicted molar refractivity (Wildman–Crippen MR) is 166 cm³/mol. The lowest BCUT2D eigenvalue weighted by Gasteiger charge is -2.46. The van der Waals surface area contributed by atoms with Crippen LogP contribution >= 0.6 is 55.1 Å². The van der Waals surface area contributed by atoms with E-state index in [0.29, 0.717) is 22.0 Å². The van der Waals surface area contributed by atoms with Crippen LogP contribution in [0.4, 0.5) is 11.4 Å². The second-order valence-electron chi connectivity index (χ2n) is 9.12. The fourth-order valence-corrected chi connectivity index (χ4v) is 5.71. The Bertz CT molecular complexity index is 1490. The van der Waals surface area contributed by atoms with Gasteiger partial charge in [0.05, 0.1) is 24.8 Å². The van der Waals surface area contributed by atoms with Gasteiger partial charge in [-0.05, 0) is 83.9 Å². The van der Waals surface area contributed by atoms with E-state index in [0.717, 1.165) is 37.1 Å². The molecule has 0 fully saturated rings. The Morgan fingerprint density at radius 2 is 1.31 bits per heavy atom. The van der Waals surface area contributed by atoms with Crippen LogP contribution in [-0.4, -0.2) is 13.1 Å². The smallest absolute Gasteiger partial charge is 0.337 e. The zero-order chi connectivity index (χ0) is 27.5. The van der Waals surface area contributed by atoms with Gasteiger partial charge in [-0.25, -0.2) is 4.79 Å². The molecule has 2 atom stereocenters. The van der Waals surface area contributed by atoms with Crippen LogP contribution < -0.4 is 10.2 Å². The summed E-state index contributed by atoms with van der Waals surface area (Å²) >= 11 is 19.6. The van der Waals surface area contributed by atoms with Gasteiger partial charge >= 0.3 is 5.97 Å². The van der Waals surface area contributed by atoms with Crippen molar-refractivity contribution in [3.05, 3.63) is 138 Å². The molecule has 0 spiro atoms. The Kier molecular flexibility index (Phi) is 8.67. The quantitative estimate of drug-likeness (QED) is 0.205. The average Bonchev–Trinajstić information content (AvgIpc) is 2.95. The van der Waals surface area contributed by atoms with Crippen LogP contribution in [0.25, 0.3) is 0 Å². The first-order valence-electron chi connectivity index (χ1n) is 12.2. The maximum atomic E-state index is 13.6. The van der Waals surface area contributed by atoms with Crippen molar-refractivity contribution in [3.8, 4) is 0 Å². The lowest BCUT2D eigenvalue weighted by molar-refractivity contribution is -0.136. The minimum Gasteiger partial charge on any atom is -0.466 e. The molecule has 1 N–H and O–H groups in total. The van der Waals surface area contributed by atoms with Crippen molar-refractivity contribution in [1.29, 1.82) is 0 Å². The molecule has 0 amide bonds. The van der Waals surface area contributed by atoms with Gasteiger partial charge in [-0.15, -0.1) is 0 Å². The second kappa shape index (κ2) is 12.2. The third-order valence-corrected chi connectivity index (χ3v) is 8.28. The van der Waals surface area contributed by atoms with E-state index in [9.17, 15) is 4.79 Å². The number of hydrogen-bond acceptors (Lipinski definition) is 4. The molecule has 0 unspecified atom stereocenters. The summed E-state index contributed by atoms with van der Waals surface area (Å²) in [5, 5.41) is 4.81. The molecule has 1 aliphatic heterocycles. The molecule has 8 heteroatoms. The average molecular weight is 687 g/mol. The molecule has 0 saturated heterocycles. The van der Waals surface area contributed by atoms with Gasteiger partial charge in [0.25, 0.3) is 0 Å². The van der Waals surface area contributed by atoms with E-state index in [1.807, 2.05) is 84.9 Å². The molecule has 0 aromatic heterocycles. The highest BCUT2D eigenvalue weighted by molar-refractivity contribution is 9.10. The molecule has 0 radical (unpaired) electrons. The summed E-state index contributed by atoms with van der Waals surface area (Å²) in [6.45, 7) is 0. The fourth-order valence-electron chi connectivity index (χ4n) is 4.93. The van der Waals surface area contributed by atoms with Gasteiger partial charge in [0.15, 0.2) is 0 Å². The van der Waals surface area contributed by atoms with Crippen LogP contribution in [0.5, 0.6) is 0 Å². The number of hydrogen-bond donors (Lipinski definition) is 1. The van der Waals surface area contributed by atoms with Crippen molar-refractivity contribution in [3.63, 3.8) is 0 Å². The first kappa shape index (κ1) is 27.8. The van der Waals surface area contributed by atoms with Crippen LogP contribution in [0.3, 0.4) is 0 Å². The van der Waals surface area contributed by atoms with Crippen molar-refractivity contribution in [2.45, 2.75) is 18.5 Å². The molecule has 39 heavy (non-hydrogen) atoms. The summed E-state index contributed by atoms with van der Waals surface area (Å²) in [6.07, 6.45) is 0.532. The Balaban J connectivity index is 1.77. The van der Waals surface area contributed by atoms with Crippen LogP contribution in [0.2, 0.25) is 10.0 Å². The van der Waals surface area contributed by atoms with Crippen molar-refractivity contribution in [1.82, 2.24) is 0 Å². The number of anilines is 2. The largest absolute Gasteiger partial charge is 0.466 e. The highest BCUT2D eigenvalue weighted by atomic mass is 79.9. The third kappa shape index (κ3) is 6.20. The first-order valence-corrected chi connectivity index (χ1v) is 14.6. The van der Waals surface area contributed by atoms with E-state index >= 15 is 0 Å². The van der Waals surface area contributed by atoms with Crippen molar-refractivity contribution in [2.24, 2.45) is 0 Å². The molecule has 198 valence electrons. The van der Waals surface area contributed by atoms with Crippen LogP contribution in [0, 0.1) is 0 Å². The lowest BCUT2D eigenvalue weighted by atomic mass is 9.84. The van der Waals surface area contributed by atoms with E-state index in [4.69, 9.17) is 27.9 Å². The molecule has 0 saturated carbocycles. The van der Waals surface area contributed by atoms with E-state index < -0.39 is 12.0 Å². The number of methoxy groups -OCH3 is 1. The minimum absolute atomic E-state index is 0.115. The van der Waals surface area contributed by atoms with Crippen molar-refractivity contribution in [2.75, 3.05) is 17.3 Å². The Hall–Kier alpha value is -2.77. The molecule has 0 bridgehead atoms. The summed E-state index contributed by atoms with van der Waals surface area (Å²) in [5.41, 5.74) is 5.15. The summed E-state index contributed by atoms with van der Waals surface area (Å²) < 4.78 is 7.34. The van der Waals surface area contributed by atoms with Gasteiger partial charge in [-0.3, -0.25) is 0 Å². The number of carbonyl (C=O) groups excluding carboxylic acids is 1. The highest BCUT2D eigenvalue weighted by Gasteiger charge is 2.41. The molecule has 1 aliphatic rings. The van der Waals surface area contributed by atoms with Crippen LogP contribution in [0.1, 0.15) is 29.6 Å². The third-order valence-electron chi connectivity index (χ3n) is 6.72. The molecule has 5 rings (SSSR count). The van der Waals surface area contributed by atoms with Gasteiger partial charge in [-0.2, -0.15) is 0 Å². The molecule has 1 heterocycles. The minimum atomic E-state index is -0.455. The normalized spacial score (nSPS) is 17.2. The number of rotatable bonds is 6. The zero-order valence-corrected chi connectivity index (χ0v) is 25.6. The second-order valence-corrected chi connectivity index (χ2v) is 11.8. The number of carbonyl (C=O) groups is 1. The van der Waals surface area contributed by atoms with E-state index in [-0.39, 0.29) is 6.04 Å². The molecule has 0 aliphatic carbocycles. The number of esters is 1. The number of benzene rings is 4. The van der Waals surface area contributed by atoms with Gasteiger partial charge < -0.3 is 15.0 Å². The van der Waals surface area contributed by atoms with E-state index in [1.54, 1.807) is 0 Å². The van der Waals surface area contributed by atoms with Crippen LogP contribution in [-0.2, 0) is 9.53 Å². The molecule has 4 nitrogen and oxygen atoms in total. The topological polar surface area (TPSA) is 41.6 Å². The number of halogens is 4. The Labute approximate surface area is 254 Å². The number of nitrogens with zero attached hydrogens (tertiary/aromatic N) is 1. The Morgan fingerprint density at radius 3 is 1.85 bits per heavy atom. The van der Waals surface area contributed by atoms with Crippen molar-refractivity contribution >= 4 is 72.4 Å². The van der Waals surface area contributed by atoms with Gasteiger partial charge in [0.2, 0.25) is 0 Å². The maximum Gasteiger partial charge on any atom is 0.337 e. The van der Waals surface area contributed by atoms with Gasteiger partial charge in [0, 0.05) is 42.5 Å². The predicted octanol–water partition coefficient (Wildman–Crippen LogP) is 9.75. The molecular weight excluding hydrogens is 663 g/mol. The first-order chi connectivity index (χ1) is 18.8. The summed E-state index contributed by atoms with van der Waals surface area (Å²) in [6, 6.07) is 30.9. The Morgan fingerprint density at radius 1 is 0.795 bits per heavy atom. The molecule has 4 aromatic carbocycles. The zero-order valence-electron chi connectivity index (χ0n) is 20.9. The van der Waals surface area contributed by atoms with Crippen molar-refractivity contribution < 1.29 is 9.53 Å². The lowest BCUT2D eigenvalue weighted by Crippen LogP contribution is -2.41. The standard InChI is InChI=1S/C31H24Br2Cl2N2O2/c1-39-31(38)29-27(36-25-14-10-23(34)11-15-25)18-28(19-2-6-21(32)7-3-19)37(26-16-12-24(35)13-17-26)30(29)20-4-8-22(33)9-5-20/h2-17,28,30,36H,18H2,1H3/t28-,30+/m0/s1. The monoisotopic (exact) mass is 684 g/mol. The molecular formula is C31H24Br2Cl2N2O2. The van der Waals surface area contributed by atoms with Gasteiger partial charge in [0.1, 0.15) is 0 Å². The number of ether oxygens (including phenoxy) is 1. The summed E-state index contributed by atoms with van der Waals surface area (Å²) in [7, 11) is 1.42. The summed E-state index contributed by atoms with van der Waals surface area (Å²) in [5.74, 6) is -0.396. The maximum absolute atomic E-state index is 13.6. The van der Waals surface area contributed by atoms with E-state index in [2.05, 4.69) is 54.2 Å².